The molecule has 2 aromatic carbocycles. The van der Waals surface area contributed by atoms with Crippen LogP contribution in [0.1, 0.15) is 0 Å². The minimum absolute atomic E-state index is 0.139. The molecule has 0 atom stereocenters. The lowest BCUT2D eigenvalue weighted by molar-refractivity contribution is 0.379. The summed E-state index contributed by atoms with van der Waals surface area (Å²) in [5.41, 5.74) is -0.277. The van der Waals surface area contributed by atoms with E-state index in [0.29, 0.717) is 12.1 Å². The highest BCUT2D eigenvalue weighted by molar-refractivity contribution is 5.76. The van der Waals surface area contributed by atoms with Crippen molar-refractivity contribution >= 4 is 0 Å². The zero-order chi connectivity index (χ0) is 14.9. The van der Waals surface area contributed by atoms with Crippen molar-refractivity contribution in [3.63, 3.8) is 0 Å². The Hall–Kier alpha value is -2.24. The molecule has 0 fully saturated rings. The van der Waals surface area contributed by atoms with Gasteiger partial charge in [-0.2, -0.15) is 0 Å². The predicted molar refractivity (Wildman–Crippen MR) is 64.8 cm³/mol. The van der Waals surface area contributed by atoms with Gasteiger partial charge in [-0.05, 0) is 12.1 Å². The van der Waals surface area contributed by atoms with E-state index in [0.717, 1.165) is 12.1 Å². The van der Waals surface area contributed by atoms with E-state index in [1.807, 2.05) is 0 Å². The van der Waals surface area contributed by atoms with Crippen molar-refractivity contribution in [1.29, 1.82) is 0 Å². The number of rotatable bonds is 3. The van der Waals surface area contributed by atoms with Crippen LogP contribution in [0.15, 0.2) is 24.3 Å². The van der Waals surface area contributed by atoms with E-state index in [4.69, 9.17) is 9.47 Å². The van der Waals surface area contributed by atoms with Gasteiger partial charge in [-0.15, -0.1) is 0 Å². The standard InChI is InChI=1S/C14H10F4O2/c1-19-13-9(3-7(15)5-11(13)17)10-4-8(16)6-12(18)14(10)20-2/h3-6H,1-2H3. The first-order valence-corrected chi connectivity index (χ1v) is 5.54. The van der Waals surface area contributed by atoms with Crippen LogP contribution in [0.4, 0.5) is 17.6 Å². The summed E-state index contributed by atoms with van der Waals surface area (Å²) in [4.78, 5) is 0. The highest BCUT2D eigenvalue weighted by atomic mass is 19.1. The molecular weight excluding hydrogens is 276 g/mol. The maximum absolute atomic E-state index is 13.6. The highest BCUT2D eigenvalue weighted by Crippen LogP contribution is 2.40. The van der Waals surface area contributed by atoms with Crippen LogP contribution < -0.4 is 9.47 Å². The minimum atomic E-state index is -0.978. The largest absolute Gasteiger partial charge is 0.493 e. The summed E-state index contributed by atoms with van der Waals surface area (Å²) in [6.07, 6.45) is 0. The topological polar surface area (TPSA) is 18.5 Å². The summed E-state index contributed by atoms with van der Waals surface area (Å²) in [6.45, 7) is 0. The van der Waals surface area contributed by atoms with Gasteiger partial charge in [-0.25, -0.2) is 17.6 Å². The Balaban J connectivity index is 2.80. The van der Waals surface area contributed by atoms with Crippen LogP contribution in [0, 0.1) is 23.3 Å². The molecule has 2 nitrogen and oxygen atoms in total. The molecule has 0 aromatic heterocycles. The summed E-state index contributed by atoms with van der Waals surface area (Å²) >= 11 is 0. The second-order valence-corrected chi connectivity index (χ2v) is 3.94. The zero-order valence-corrected chi connectivity index (χ0v) is 10.6. The molecule has 0 amide bonds. The molecule has 0 unspecified atom stereocenters. The van der Waals surface area contributed by atoms with Gasteiger partial charge in [0.15, 0.2) is 23.1 Å². The molecule has 0 heterocycles. The summed E-state index contributed by atoms with van der Waals surface area (Å²) in [6, 6.07) is 3.06. The fraction of sp³-hybridized carbons (Fsp3) is 0.143. The Labute approximate surface area is 112 Å². The number of methoxy groups -OCH3 is 2. The maximum atomic E-state index is 13.6. The number of hydrogen-bond donors (Lipinski definition) is 0. The second-order valence-electron chi connectivity index (χ2n) is 3.94. The monoisotopic (exact) mass is 286 g/mol. The molecule has 6 heteroatoms. The lowest BCUT2D eigenvalue weighted by atomic mass is 10.0. The van der Waals surface area contributed by atoms with Crippen molar-refractivity contribution in [1.82, 2.24) is 0 Å². The maximum Gasteiger partial charge on any atom is 0.168 e. The first kappa shape index (κ1) is 14.2. The van der Waals surface area contributed by atoms with Crippen LogP contribution in [0.5, 0.6) is 11.5 Å². The summed E-state index contributed by atoms with van der Waals surface area (Å²) < 4.78 is 63.6. The molecule has 2 rings (SSSR count). The second kappa shape index (κ2) is 5.40. The van der Waals surface area contributed by atoms with E-state index in [9.17, 15) is 17.6 Å². The van der Waals surface area contributed by atoms with Crippen molar-refractivity contribution in [2.45, 2.75) is 0 Å². The summed E-state index contributed by atoms with van der Waals surface area (Å²) in [5, 5.41) is 0. The van der Waals surface area contributed by atoms with E-state index < -0.39 is 23.3 Å². The molecule has 20 heavy (non-hydrogen) atoms. The van der Waals surface area contributed by atoms with Crippen LogP contribution in [-0.4, -0.2) is 14.2 Å². The van der Waals surface area contributed by atoms with Gasteiger partial charge in [-0.3, -0.25) is 0 Å². The molecule has 0 aliphatic carbocycles. The molecule has 0 spiro atoms. The lowest BCUT2D eigenvalue weighted by Gasteiger charge is -2.14. The average Bonchev–Trinajstić information content (AvgIpc) is 2.37. The SMILES string of the molecule is COc1c(F)cc(F)cc1-c1cc(F)cc(F)c1OC. The van der Waals surface area contributed by atoms with Gasteiger partial charge < -0.3 is 9.47 Å². The van der Waals surface area contributed by atoms with Crippen molar-refractivity contribution in [3.05, 3.63) is 47.5 Å². The smallest absolute Gasteiger partial charge is 0.168 e. The Morgan fingerprint density at radius 2 is 1.00 bits per heavy atom. The minimum Gasteiger partial charge on any atom is -0.493 e. The van der Waals surface area contributed by atoms with E-state index in [1.165, 1.54) is 14.2 Å². The zero-order valence-electron chi connectivity index (χ0n) is 10.6. The van der Waals surface area contributed by atoms with Crippen LogP contribution in [0.2, 0.25) is 0 Å². The van der Waals surface area contributed by atoms with E-state index in [-0.39, 0.29) is 22.6 Å². The van der Waals surface area contributed by atoms with Crippen molar-refractivity contribution in [3.8, 4) is 22.6 Å². The van der Waals surface area contributed by atoms with Gasteiger partial charge in [0.25, 0.3) is 0 Å². The predicted octanol–water partition coefficient (Wildman–Crippen LogP) is 3.93. The molecule has 0 bridgehead atoms. The molecule has 0 saturated carbocycles. The molecule has 0 radical (unpaired) electrons. The molecule has 106 valence electrons. The molecule has 0 aliphatic rings. The molecule has 2 aromatic rings. The summed E-state index contributed by atoms with van der Waals surface area (Å²) in [5.74, 6) is -4.40. The molecule has 0 N–H and O–H groups in total. The third kappa shape index (κ3) is 2.41. The van der Waals surface area contributed by atoms with Crippen LogP contribution in [-0.2, 0) is 0 Å². The molecular formula is C14H10F4O2. The number of benzene rings is 2. The first-order valence-electron chi connectivity index (χ1n) is 5.54. The van der Waals surface area contributed by atoms with Gasteiger partial charge in [0.1, 0.15) is 11.6 Å². The number of ether oxygens (including phenoxy) is 2. The van der Waals surface area contributed by atoms with Gasteiger partial charge in [0.05, 0.1) is 14.2 Å². The Morgan fingerprint density at radius 1 is 0.650 bits per heavy atom. The Morgan fingerprint density at radius 3 is 1.30 bits per heavy atom. The van der Waals surface area contributed by atoms with Gasteiger partial charge in [0.2, 0.25) is 0 Å². The van der Waals surface area contributed by atoms with Crippen LogP contribution >= 0.6 is 0 Å². The molecule has 0 saturated heterocycles. The quantitative estimate of drug-likeness (QED) is 0.796. The third-order valence-corrected chi connectivity index (χ3v) is 2.72. The third-order valence-electron chi connectivity index (χ3n) is 2.72. The van der Waals surface area contributed by atoms with Crippen LogP contribution in [0.25, 0.3) is 11.1 Å². The lowest BCUT2D eigenvalue weighted by Crippen LogP contribution is -1.98. The summed E-state index contributed by atoms with van der Waals surface area (Å²) in [7, 11) is 2.34. The normalized spacial score (nSPS) is 10.5. The van der Waals surface area contributed by atoms with Crippen molar-refractivity contribution < 1.29 is 27.0 Å². The van der Waals surface area contributed by atoms with Gasteiger partial charge >= 0.3 is 0 Å². The number of halogens is 4. The van der Waals surface area contributed by atoms with Crippen molar-refractivity contribution in [2.75, 3.05) is 14.2 Å². The molecule has 0 aliphatic heterocycles. The van der Waals surface area contributed by atoms with Crippen LogP contribution in [0.3, 0.4) is 0 Å². The van der Waals surface area contributed by atoms with E-state index in [2.05, 4.69) is 0 Å². The fourth-order valence-electron chi connectivity index (χ4n) is 1.94. The Kier molecular flexibility index (Phi) is 3.83. The van der Waals surface area contributed by atoms with E-state index >= 15 is 0 Å². The van der Waals surface area contributed by atoms with Crippen molar-refractivity contribution in [2.24, 2.45) is 0 Å². The van der Waals surface area contributed by atoms with Gasteiger partial charge in [0, 0.05) is 23.3 Å². The Bertz CT molecular complexity index is 599. The fourth-order valence-corrected chi connectivity index (χ4v) is 1.94. The van der Waals surface area contributed by atoms with Gasteiger partial charge in [-0.1, -0.05) is 0 Å². The average molecular weight is 286 g/mol. The van der Waals surface area contributed by atoms with E-state index in [1.54, 1.807) is 0 Å². The first-order chi connectivity index (χ1) is 9.47. The highest BCUT2D eigenvalue weighted by Gasteiger charge is 2.20. The number of hydrogen-bond acceptors (Lipinski definition) is 2.